The van der Waals surface area contributed by atoms with Crippen LogP contribution in [0.3, 0.4) is 0 Å². The van der Waals surface area contributed by atoms with Gasteiger partial charge in [-0.3, -0.25) is 14.5 Å². The lowest BCUT2D eigenvalue weighted by Crippen LogP contribution is -2.31. The van der Waals surface area contributed by atoms with Gasteiger partial charge in [-0.05, 0) is 56.0 Å². The van der Waals surface area contributed by atoms with Crippen LogP contribution in [0.2, 0.25) is 0 Å². The first-order chi connectivity index (χ1) is 16.4. The van der Waals surface area contributed by atoms with Gasteiger partial charge in [0.15, 0.2) is 0 Å². The molecular formula is C28H25N3O2S. The van der Waals surface area contributed by atoms with Crippen LogP contribution in [0.15, 0.2) is 83.4 Å². The van der Waals surface area contributed by atoms with Gasteiger partial charge in [0.1, 0.15) is 16.7 Å². The third-order valence-corrected chi connectivity index (χ3v) is 7.04. The van der Waals surface area contributed by atoms with Crippen molar-refractivity contribution < 1.29 is 9.59 Å². The number of benzene rings is 3. The number of nitrogens with zero attached hydrogens (tertiary/aromatic N) is 2. The summed E-state index contributed by atoms with van der Waals surface area (Å²) >= 11 is 1.27. The maximum atomic E-state index is 13.5. The van der Waals surface area contributed by atoms with Gasteiger partial charge in [0.2, 0.25) is 5.91 Å². The molecular weight excluding hydrogens is 442 g/mol. The Balaban J connectivity index is 1.73. The second-order valence-electron chi connectivity index (χ2n) is 8.32. The molecule has 1 aliphatic rings. The highest BCUT2D eigenvalue weighted by Gasteiger charge is 2.40. The number of aryl methyl sites for hydroxylation is 3. The Kier molecular flexibility index (Phi) is 6.85. The van der Waals surface area contributed by atoms with Crippen molar-refractivity contribution in [2.24, 2.45) is 0 Å². The summed E-state index contributed by atoms with van der Waals surface area (Å²) < 4.78 is 0. The lowest BCUT2D eigenvalue weighted by Gasteiger charge is -2.19. The fourth-order valence-corrected chi connectivity index (χ4v) is 5.23. The normalized spacial score (nSPS) is 16.8. The van der Waals surface area contributed by atoms with Gasteiger partial charge in [0.25, 0.3) is 5.91 Å². The van der Waals surface area contributed by atoms with E-state index in [2.05, 4.69) is 11.4 Å². The van der Waals surface area contributed by atoms with Gasteiger partial charge in [0.05, 0.1) is 5.25 Å². The molecule has 0 aliphatic carbocycles. The molecule has 0 unspecified atom stereocenters. The lowest BCUT2D eigenvalue weighted by atomic mass is 10.1. The molecule has 3 aromatic carbocycles. The molecule has 0 radical (unpaired) electrons. The number of hydrogen-bond acceptors (Lipinski definition) is 4. The van der Waals surface area contributed by atoms with Crippen molar-refractivity contribution in [3.63, 3.8) is 0 Å². The van der Waals surface area contributed by atoms with Crippen LogP contribution in [0.5, 0.6) is 0 Å². The zero-order chi connectivity index (χ0) is 24.2. The van der Waals surface area contributed by atoms with Gasteiger partial charge >= 0.3 is 0 Å². The van der Waals surface area contributed by atoms with E-state index in [0.29, 0.717) is 22.8 Å². The number of rotatable bonds is 5. The standard InChI is InChI=1S/C28H25N3O2S/c1-18-12-14-21(15-13-18)16-24-27(33)31(22-10-5-4-6-11-22)28(34-24)23(17-29)26(32)30-25-19(2)8-7-9-20(25)3/h4-15,24H,16H2,1-3H3,(H,30,32)/b28-23-/t24-/m1/s1. The van der Waals surface area contributed by atoms with Crippen LogP contribution in [-0.2, 0) is 16.0 Å². The van der Waals surface area contributed by atoms with E-state index < -0.39 is 11.2 Å². The molecule has 0 bridgehead atoms. The van der Waals surface area contributed by atoms with Crippen molar-refractivity contribution in [1.29, 1.82) is 5.26 Å². The summed E-state index contributed by atoms with van der Waals surface area (Å²) in [4.78, 5) is 28.3. The van der Waals surface area contributed by atoms with Crippen LogP contribution in [-0.4, -0.2) is 17.1 Å². The van der Waals surface area contributed by atoms with Gasteiger partial charge < -0.3 is 5.32 Å². The SMILES string of the molecule is Cc1ccc(C[C@H]2S/C(=C(/C#N)C(=O)Nc3c(C)cccc3C)N(c3ccccc3)C2=O)cc1. The number of nitriles is 1. The minimum atomic E-state index is -0.521. The van der Waals surface area contributed by atoms with E-state index >= 15 is 0 Å². The molecule has 1 N–H and O–H groups in total. The van der Waals surface area contributed by atoms with E-state index in [9.17, 15) is 14.9 Å². The second kappa shape index (κ2) is 9.98. The second-order valence-corrected chi connectivity index (χ2v) is 9.51. The highest BCUT2D eigenvalue weighted by atomic mass is 32.2. The molecule has 1 saturated heterocycles. The summed E-state index contributed by atoms with van der Waals surface area (Å²) in [6, 6.07) is 25.0. The minimum Gasteiger partial charge on any atom is -0.321 e. The molecule has 5 nitrogen and oxygen atoms in total. The molecule has 0 saturated carbocycles. The fourth-order valence-electron chi connectivity index (χ4n) is 3.92. The van der Waals surface area contributed by atoms with Crippen LogP contribution in [0, 0.1) is 32.1 Å². The topological polar surface area (TPSA) is 73.2 Å². The third-order valence-electron chi connectivity index (χ3n) is 5.78. The average Bonchev–Trinajstić information content (AvgIpc) is 3.14. The van der Waals surface area contributed by atoms with E-state index in [0.717, 1.165) is 22.3 Å². The van der Waals surface area contributed by atoms with Crippen molar-refractivity contribution >= 4 is 35.0 Å². The number of anilines is 2. The maximum absolute atomic E-state index is 13.5. The Bertz CT molecular complexity index is 1290. The number of para-hydroxylation sites is 2. The van der Waals surface area contributed by atoms with E-state index in [1.807, 2.05) is 93.6 Å². The van der Waals surface area contributed by atoms with E-state index in [1.54, 1.807) is 0 Å². The van der Waals surface area contributed by atoms with E-state index in [-0.39, 0.29) is 11.5 Å². The zero-order valence-corrected chi connectivity index (χ0v) is 20.1. The van der Waals surface area contributed by atoms with Crippen molar-refractivity contribution in [2.45, 2.75) is 32.4 Å². The summed E-state index contributed by atoms with van der Waals surface area (Å²) in [6.07, 6.45) is 0.508. The summed E-state index contributed by atoms with van der Waals surface area (Å²) in [5, 5.41) is 12.8. The Hall–Kier alpha value is -3.82. The molecule has 3 aromatic rings. The van der Waals surface area contributed by atoms with Crippen LogP contribution < -0.4 is 10.2 Å². The summed E-state index contributed by atoms with van der Waals surface area (Å²) in [5.41, 5.74) is 5.23. The first-order valence-corrected chi connectivity index (χ1v) is 11.9. The molecule has 2 amide bonds. The molecule has 0 spiro atoms. The monoisotopic (exact) mass is 467 g/mol. The van der Waals surface area contributed by atoms with Gasteiger partial charge in [-0.25, -0.2) is 0 Å². The predicted octanol–water partition coefficient (Wildman–Crippen LogP) is 5.68. The highest BCUT2D eigenvalue weighted by Crippen LogP contribution is 2.42. The summed E-state index contributed by atoms with van der Waals surface area (Å²) in [7, 11) is 0. The van der Waals surface area contributed by atoms with Crippen LogP contribution >= 0.6 is 11.8 Å². The largest absolute Gasteiger partial charge is 0.321 e. The fraction of sp³-hybridized carbons (Fsp3) is 0.179. The average molecular weight is 468 g/mol. The third kappa shape index (κ3) is 4.75. The molecule has 1 aliphatic heterocycles. The summed E-state index contributed by atoms with van der Waals surface area (Å²) in [5.74, 6) is -0.661. The van der Waals surface area contributed by atoms with E-state index in [1.165, 1.54) is 16.7 Å². The Labute approximate surface area is 204 Å². The van der Waals surface area contributed by atoms with Gasteiger partial charge in [-0.1, -0.05) is 78.0 Å². The molecule has 170 valence electrons. The molecule has 1 fully saturated rings. The predicted molar refractivity (Wildman–Crippen MR) is 137 cm³/mol. The smallest absolute Gasteiger partial charge is 0.269 e. The Morgan fingerprint density at radius 3 is 2.24 bits per heavy atom. The molecule has 4 rings (SSSR count). The number of carbonyl (C=O) groups excluding carboxylic acids is 2. The maximum Gasteiger partial charge on any atom is 0.269 e. The van der Waals surface area contributed by atoms with Crippen molar-refractivity contribution in [3.8, 4) is 6.07 Å². The molecule has 34 heavy (non-hydrogen) atoms. The number of thioether (sulfide) groups is 1. The Morgan fingerprint density at radius 1 is 0.971 bits per heavy atom. The van der Waals surface area contributed by atoms with Crippen molar-refractivity contribution in [3.05, 3.63) is 106 Å². The zero-order valence-electron chi connectivity index (χ0n) is 19.3. The van der Waals surface area contributed by atoms with Crippen molar-refractivity contribution in [1.82, 2.24) is 0 Å². The van der Waals surface area contributed by atoms with Crippen LogP contribution in [0.25, 0.3) is 0 Å². The molecule has 0 aromatic heterocycles. The minimum absolute atomic E-state index is 0.0729. The first kappa shape index (κ1) is 23.3. The molecule has 6 heteroatoms. The van der Waals surface area contributed by atoms with Crippen LogP contribution in [0.1, 0.15) is 22.3 Å². The molecule has 1 atom stereocenters. The first-order valence-electron chi connectivity index (χ1n) is 11.0. The van der Waals surface area contributed by atoms with Gasteiger partial charge in [0, 0.05) is 11.4 Å². The number of amides is 2. The quantitative estimate of drug-likeness (QED) is 0.387. The van der Waals surface area contributed by atoms with Crippen molar-refractivity contribution in [2.75, 3.05) is 10.2 Å². The molecule has 1 heterocycles. The highest BCUT2D eigenvalue weighted by molar-refractivity contribution is 8.05. The van der Waals surface area contributed by atoms with Gasteiger partial charge in [-0.2, -0.15) is 5.26 Å². The van der Waals surface area contributed by atoms with Gasteiger partial charge in [-0.15, -0.1) is 0 Å². The number of carbonyl (C=O) groups is 2. The lowest BCUT2D eigenvalue weighted by molar-refractivity contribution is -0.117. The Morgan fingerprint density at radius 2 is 1.62 bits per heavy atom. The number of hydrogen-bond donors (Lipinski definition) is 1. The van der Waals surface area contributed by atoms with Crippen LogP contribution in [0.4, 0.5) is 11.4 Å². The number of nitrogens with one attached hydrogen (secondary N) is 1. The van der Waals surface area contributed by atoms with E-state index in [4.69, 9.17) is 0 Å². The summed E-state index contributed by atoms with van der Waals surface area (Å²) in [6.45, 7) is 5.83.